The molecule has 23 heavy (non-hydrogen) atoms. The molecule has 3 aromatic rings. The normalized spacial score (nSPS) is 17.0. The molecule has 3 nitrogen and oxygen atoms in total. The van der Waals surface area contributed by atoms with Crippen LogP contribution >= 0.6 is 0 Å². The summed E-state index contributed by atoms with van der Waals surface area (Å²) in [6.07, 6.45) is 3.02. The zero-order valence-electron chi connectivity index (χ0n) is 14.4. The number of pyridine rings is 1. The number of hydrogen-bond donors (Lipinski definition) is 1. The summed E-state index contributed by atoms with van der Waals surface area (Å²) in [5, 5.41) is 1.29. The number of H-pyrrole nitrogens is 1. The molecule has 1 unspecified atom stereocenters. The average Bonchev–Trinajstić information content (AvgIpc) is 2.83. The fraction of sp³-hybridized carbons (Fsp3) is 0.316. The van der Waals surface area contributed by atoms with E-state index in [1.807, 2.05) is 6.20 Å². The quantitative estimate of drug-likeness (QED) is 0.690. The Hall–Kier alpha value is -1.29. The van der Waals surface area contributed by atoms with Gasteiger partial charge in [-0.25, -0.2) is 4.98 Å². The Morgan fingerprint density at radius 2 is 1.96 bits per heavy atom. The number of benzene rings is 1. The van der Waals surface area contributed by atoms with Gasteiger partial charge < -0.3 is 9.88 Å². The number of nitrogens with one attached hydrogen (secondary N) is 1. The second-order valence-electron chi connectivity index (χ2n) is 6.25. The van der Waals surface area contributed by atoms with E-state index in [4.69, 9.17) is 4.98 Å². The van der Waals surface area contributed by atoms with Crippen LogP contribution in [0.3, 0.4) is 0 Å². The minimum absolute atomic E-state index is 0. The predicted octanol–water partition coefficient (Wildman–Crippen LogP) is 3.92. The van der Waals surface area contributed by atoms with E-state index in [-0.39, 0.29) is 29.6 Å². The van der Waals surface area contributed by atoms with Gasteiger partial charge in [-0.05, 0) is 49.9 Å². The molecule has 1 aliphatic rings. The summed E-state index contributed by atoms with van der Waals surface area (Å²) in [5.74, 6) is 1.08. The Morgan fingerprint density at radius 3 is 2.78 bits per heavy atom. The zero-order valence-corrected chi connectivity index (χ0v) is 16.4. The van der Waals surface area contributed by atoms with Crippen molar-refractivity contribution in [2.45, 2.75) is 33.2 Å². The first-order valence-corrected chi connectivity index (χ1v) is 7.95. The molecule has 2 aromatic heterocycles. The van der Waals surface area contributed by atoms with Gasteiger partial charge in [0.1, 0.15) is 0 Å². The molecule has 0 saturated heterocycles. The molecule has 0 amide bonds. The van der Waals surface area contributed by atoms with E-state index in [1.165, 1.54) is 33.3 Å². The van der Waals surface area contributed by atoms with Gasteiger partial charge in [-0.3, -0.25) is 0 Å². The van der Waals surface area contributed by atoms with Gasteiger partial charge in [0.05, 0.1) is 11.6 Å². The Bertz CT molecular complexity index is 853. The maximum Gasteiger partial charge on any atom is 0.153 e. The second kappa shape index (κ2) is 6.31. The van der Waals surface area contributed by atoms with Crippen LogP contribution in [0.25, 0.3) is 10.9 Å². The summed E-state index contributed by atoms with van der Waals surface area (Å²) in [7, 11) is 0. The monoisotopic (exact) mass is 314 g/mol. The number of aromatic nitrogens is 2. The van der Waals surface area contributed by atoms with Gasteiger partial charge in [0.15, 0.2) is 5.82 Å². The topological polar surface area (TPSA) is 31.9 Å². The third-order valence-electron chi connectivity index (χ3n) is 5.08. The largest absolute Gasteiger partial charge is 0.355 e. The summed E-state index contributed by atoms with van der Waals surface area (Å²) in [6.45, 7) is 7.60. The standard InChI is InChI=1S/C19H21N3.Na/c1-12-13(2)21-18-16(12)8-10-20-19(18)22-11-9-15-6-4-5-7-17(15)14(22)3;/h4-8,10,14,21H,9,11H2,1-3H3;. The summed E-state index contributed by atoms with van der Waals surface area (Å²) >= 11 is 0. The van der Waals surface area contributed by atoms with Crippen LogP contribution < -0.4 is 4.90 Å². The minimum Gasteiger partial charge on any atom is -0.355 e. The average molecular weight is 314 g/mol. The van der Waals surface area contributed by atoms with Crippen molar-refractivity contribution in [3.63, 3.8) is 0 Å². The van der Waals surface area contributed by atoms with E-state index in [1.54, 1.807) is 0 Å². The van der Waals surface area contributed by atoms with Gasteiger partial charge in [0, 0.05) is 53.4 Å². The molecule has 113 valence electrons. The van der Waals surface area contributed by atoms with Gasteiger partial charge in [0.25, 0.3) is 0 Å². The molecule has 1 N–H and O–H groups in total. The van der Waals surface area contributed by atoms with Crippen molar-refractivity contribution in [2.24, 2.45) is 0 Å². The van der Waals surface area contributed by atoms with Crippen molar-refractivity contribution >= 4 is 46.3 Å². The van der Waals surface area contributed by atoms with E-state index in [0.717, 1.165) is 18.8 Å². The molecule has 0 saturated carbocycles. The molecule has 0 spiro atoms. The molecule has 1 aliphatic heterocycles. The SMILES string of the molecule is Cc1[nH]c2c(N3CCc4ccccc4C3C)nccc2c1C.[Na]. The van der Waals surface area contributed by atoms with Gasteiger partial charge in [0.2, 0.25) is 0 Å². The zero-order chi connectivity index (χ0) is 15.3. The van der Waals surface area contributed by atoms with Crippen LogP contribution in [-0.2, 0) is 6.42 Å². The van der Waals surface area contributed by atoms with Crippen LogP contribution in [-0.4, -0.2) is 46.1 Å². The molecule has 4 rings (SSSR count). The molecule has 0 aliphatic carbocycles. The van der Waals surface area contributed by atoms with Gasteiger partial charge in [-0.1, -0.05) is 24.3 Å². The Kier molecular flexibility index (Phi) is 4.54. The van der Waals surface area contributed by atoms with Gasteiger partial charge >= 0.3 is 0 Å². The van der Waals surface area contributed by atoms with E-state index in [0.29, 0.717) is 6.04 Å². The minimum atomic E-state index is 0. The molecule has 1 atom stereocenters. The molecule has 4 heteroatoms. The molecule has 3 heterocycles. The molecule has 1 aromatic carbocycles. The van der Waals surface area contributed by atoms with Gasteiger partial charge in [-0.15, -0.1) is 0 Å². The van der Waals surface area contributed by atoms with Crippen LogP contribution in [0.4, 0.5) is 5.82 Å². The smallest absolute Gasteiger partial charge is 0.153 e. The predicted molar refractivity (Wildman–Crippen MR) is 97.2 cm³/mol. The van der Waals surface area contributed by atoms with Crippen molar-refractivity contribution < 1.29 is 0 Å². The third-order valence-corrected chi connectivity index (χ3v) is 5.08. The van der Waals surface area contributed by atoms with Crippen molar-refractivity contribution in [2.75, 3.05) is 11.4 Å². The van der Waals surface area contributed by atoms with Crippen LogP contribution in [0.5, 0.6) is 0 Å². The number of fused-ring (bicyclic) bond motifs is 2. The van der Waals surface area contributed by atoms with E-state index >= 15 is 0 Å². The second-order valence-corrected chi connectivity index (χ2v) is 6.25. The van der Waals surface area contributed by atoms with E-state index in [9.17, 15) is 0 Å². The summed E-state index contributed by atoms with van der Waals surface area (Å²) in [6, 6.07) is 11.2. The number of nitrogens with zero attached hydrogens (tertiary/aromatic N) is 2. The van der Waals surface area contributed by atoms with Crippen LogP contribution in [0.2, 0.25) is 0 Å². The first kappa shape index (κ1) is 16.6. The Morgan fingerprint density at radius 1 is 1.17 bits per heavy atom. The number of anilines is 1. The van der Waals surface area contributed by atoms with Crippen LogP contribution in [0, 0.1) is 13.8 Å². The Labute approximate surface area is 159 Å². The number of rotatable bonds is 1. The fourth-order valence-corrected chi connectivity index (χ4v) is 3.65. The van der Waals surface area contributed by atoms with Crippen molar-refractivity contribution in [3.05, 3.63) is 58.9 Å². The third kappa shape index (κ3) is 2.61. The van der Waals surface area contributed by atoms with Crippen LogP contribution in [0.15, 0.2) is 36.5 Å². The number of aryl methyl sites for hydroxylation is 2. The van der Waals surface area contributed by atoms with Crippen molar-refractivity contribution in [3.8, 4) is 0 Å². The molecular weight excluding hydrogens is 293 g/mol. The van der Waals surface area contributed by atoms with E-state index in [2.05, 4.69) is 61.0 Å². The maximum atomic E-state index is 4.70. The molecule has 0 bridgehead atoms. The first-order chi connectivity index (χ1) is 10.7. The summed E-state index contributed by atoms with van der Waals surface area (Å²) in [5.41, 5.74) is 6.62. The summed E-state index contributed by atoms with van der Waals surface area (Å²) < 4.78 is 0. The maximum absolute atomic E-state index is 4.70. The molecule has 1 radical (unpaired) electrons. The fourth-order valence-electron chi connectivity index (χ4n) is 3.65. The van der Waals surface area contributed by atoms with Gasteiger partial charge in [-0.2, -0.15) is 0 Å². The van der Waals surface area contributed by atoms with E-state index < -0.39 is 0 Å². The molecule has 0 fully saturated rings. The van der Waals surface area contributed by atoms with Crippen molar-refractivity contribution in [1.29, 1.82) is 0 Å². The molecular formula is C19H21N3Na. The number of hydrogen-bond acceptors (Lipinski definition) is 2. The number of aromatic amines is 1. The Balaban J connectivity index is 0.00000156. The van der Waals surface area contributed by atoms with Crippen LogP contribution in [0.1, 0.15) is 35.3 Å². The van der Waals surface area contributed by atoms with Crippen molar-refractivity contribution in [1.82, 2.24) is 9.97 Å². The summed E-state index contributed by atoms with van der Waals surface area (Å²) in [4.78, 5) is 10.7. The first-order valence-electron chi connectivity index (χ1n) is 7.95.